The van der Waals surface area contributed by atoms with Gasteiger partial charge in [-0.25, -0.2) is 12.8 Å². The molecule has 0 saturated heterocycles. The van der Waals surface area contributed by atoms with Crippen LogP contribution in [0.5, 0.6) is 0 Å². The van der Waals surface area contributed by atoms with Crippen LogP contribution >= 0.6 is 0 Å². The van der Waals surface area contributed by atoms with E-state index in [4.69, 9.17) is 4.74 Å². The number of aryl methyl sites for hydroxylation is 2. The molecule has 9 heteroatoms. The van der Waals surface area contributed by atoms with Crippen molar-refractivity contribution in [1.82, 2.24) is 4.72 Å². The van der Waals surface area contributed by atoms with Gasteiger partial charge in [0.15, 0.2) is 6.10 Å². The monoisotopic (exact) mass is 408 g/mol. The van der Waals surface area contributed by atoms with E-state index in [-0.39, 0.29) is 10.6 Å². The van der Waals surface area contributed by atoms with Gasteiger partial charge in [-0.2, -0.15) is 4.72 Å². The Labute approximate surface area is 163 Å². The summed E-state index contributed by atoms with van der Waals surface area (Å²) in [6, 6.07) is 9.84. The van der Waals surface area contributed by atoms with Crippen molar-refractivity contribution < 1.29 is 27.1 Å². The molecular formula is C19H21FN2O5S. The Morgan fingerprint density at radius 1 is 1.11 bits per heavy atom. The second-order valence-electron chi connectivity index (χ2n) is 6.20. The highest BCUT2D eigenvalue weighted by atomic mass is 32.2. The summed E-state index contributed by atoms with van der Waals surface area (Å²) in [4.78, 5) is 23.9. The molecule has 0 saturated carbocycles. The minimum atomic E-state index is -3.90. The zero-order valence-electron chi connectivity index (χ0n) is 15.7. The van der Waals surface area contributed by atoms with E-state index in [2.05, 4.69) is 10.0 Å². The molecule has 0 aliphatic rings. The SMILES string of the molecule is Cc1ccc(S(=O)(=O)NCC(=O)O[C@H](C)C(=O)Nc2cccc(F)c2)cc1C. The summed E-state index contributed by atoms with van der Waals surface area (Å²) in [5.41, 5.74) is 1.95. The number of hydrogen-bond acceptors (Lipinski definition) is 5. The standard InChI is InChI=1S/C19H21FN2O5S/c1-12-7-8-17(9-13(12)2)28(25,26)21-11-18(23)27-14(3)19(24)22-16-6-4-5-15(20)10-16/h4-10,14,21H,11H2,1-3H3,(H,22,24)/t14-/m1/s1. The Morgan fingerprint density at radius 2 is 1.82 bits per heavy atom. The quantitative estimate of drug-likeness (QED) is 0.685. The average Bonchev–Trinajstić information content (AvgIpc) is 2.62. The van der Waals surface area contributed by atoms with Crippen LogP contribution < -0.4 is 10.0 Å². The first-order valence-corrected chi connectivity index (χ1v) is 9.89. The van der Waals surface area contributed by atoms with E-state index < -0.39 is 40.4 Å². The first kappa shape index (κ1) is 21.5. The summed E-state index contributed by atoms with van der Waals surface area (Å²) < 4.78 is 44.7. The zero-order chi connectivity index (χ0) is 20.9. The molecule has 0 heterocycles. The number of nitrogens with one attached hydrogen (secondary N) is 2. The second-order valence-corrected chi connectivity index (χ2v) is 7.97. The molecule has 0 spiro atoms. The predicted octanol–water partition coefficient (Wildman–Crippen LogP) is 2.29. The van der Waals surface area contributed by atoms with Gasteiger partial charge in [0.05, 0.1) is 4.90 Å². The predicted molar refractivity (Wildman–Crippen MR) is 102 cm³/mol. The minimum Gasteiger partial charge on any atom is -0.452 e. The van der Waals surface area contributed by atoms with E-state index in [1.165, 1.54) is 37.3 Å². The van der Waals surface area contributed by atoms with Gasteiger partial charge in [-0.3, -0.25) is 9.59 Å². The van der Waals surface area contributed by atoms with Gasteiger partial charge < -0.3 is 10.1 Å². The van der Waals surface area contributed by atoms with Gasteiger partial charge in [-0.1, -0.05) is 12.1 Å². The van der Waals surface area contributed by atoms with Crippen LogP contribution in [-0.4, -0.2) is 32.9 Å². The van der Waals surface area contributed by atoms with Crippen molar-refractivity contribution in [2.75, 3.05) is 11.9 Å². The highest BCUT2D eigenvalue weighted by Gasteiger charge is 2.21. The molecule has 1 atom stereocenters. The van der Waals surface area contributed by atoms with Crippen LogP contribution in [0.25, 0.3) is 0 Å². The zero-order valence-corrected chi connectivity index (χ0v) is 16.5. The van der Waals surface area contributed by atoms with Crippen molar-refractivity contribution in [3.05, 3.63) is 59.4 Å². The Morgan fingerprint density at radius 3 is 2.46 bits per heavy atom. The van der Waals surface area contributed by atoms with Crippen molar-refractivity contribution in [3.8, 4) is 0 Å². The third-order valence-electron chi connectivity index (χ3n) is 3.96. The van der Waals surface area contributed by atoms with E-state index in [0.717, 1.165) is 17.2 Å². The van der Waals surface area contributed by atoms with Crippen molar-refractivity contribution in [2.24, 2.45) is 0 Å². The second kappa shape index (κ2) is 8.94. The summed E-state index contributed by atoms with van der Waals surface area (Å²) in [5.74, 6) is -2.12. The number of hydrogen-bond donors (Lipinski definition) is 2. The van der Waals surface area contributed by atoms with Gasteiger partial charge in [0, 0.05) is 5.69 Å². The Bertz CT molecular complexity index is 992. The molecule has 0 radical (unpaired) electrons. The smallest absolute Gasteiger partial charge is 0.321 e. The third-order valence-corrected chi connectivity index (χ3v) is 5.36. The number of carbonyl (C=O) groups is 2. The molecule has 2 rings (SSSR count). The maximum Gasteiger partial charge on any atom is 0.321 e. The fraction of sp³-hybridized carbons (Fsp3) is 0.263. The Balaban J connectivity index is 1.90. The molecule has 150 valence electrons. The molecule has 7 nitrogen and oxygen atoms in total. The van der Waals surface area contributed by atoms with Crippen molar-refractivity contribution in [2.45, 2.75) is 31.8 Å². The molecule has 1 amide bonds. The number of halogens is 1. The maximum atomic E-state index is 13.1. The number of amides is 1. The third kappa shape index (κ3) is 5.86. The van der Waals surface area contributed by atoms with Gasteiger partial charge in [-0.15, -0.1) is 0 Å². The lowest BCUT2D eigenvalue weighted by atomic mass is 10.1. The first-order chi connectivity index (χ1) is 13.1. The first-order valence-electron chi connectivity index (χ1n) is 8.41. The van der Waals surface area contributed by atoms with Gasteiger partial charge in [0.25, 0.3) is 5.91 Å². The lowest BCUT2D eigenvalue weighted by Crippen LogP contribution is -2.35. The topological polar surface area (TPSA) is 102 Å². The van der Waals surface area contributed by atoms with Crippen LogP contribution in [0.1, 0.15) is 18.1 Å². The normalized spacial score (nSPS) is 12.3. The van der Waals surface area contributed by atoms with Crippen LogP contribution in [0.3, 0.4) is 0 Å². The fourth-order valence-corrected chi connectivity index (χ4v) is 3.27. The van der Waals surface area contributed by atoms with Crippen LogP contribution in [0.15, 0.2) is 47.4 Å². The summed E-state index contributed by atoms with van der Waals surface area (Å²) >= 11 is 0. The number of rotatable bonds is 7. The molecular weight excluding hydrogens is 387 g/mol. The summed E-state index contributed by atoms with van der Waals surface area (Å²) in [5, 5.41) is 2.40. The van der Waals surface area contributed by atoms with Gasteiger partial charge in [-0.05, 0) is 62.2 Å². The number of ether oxygens (including phenoxy) is 1. The van der Waals surface area contributed by atoms with Crippen LogP contribution in [0.4, 0.5) is 10.1 Å². The lowest BCUT2D eigenvalue weighted by molar-refractivity contribution is -0.151. The molecule has 0 unspecified atom stereocenters. The van der Waals surface area contributed by atoms with Gasteiger partial charge in [0.2, 0.25) is 10.0 Å². The molecule has 0 aliphatic carbocycles. The number of sulfonamides is 1. The fourth-order valence-electron chi connectivity index (χ4n) is 2.22. The summed E-state index contributed by atoms with van der Waals surface area (Å²) in [7, 11) is -3.90. The molecule has 0 bridgehead atoms. The van der Waals surface area contributed by atoms with E-state index in [1.54, 1.807) is 13.0 Å². The molecule has 0 aromatic heterocycles. The van der Waals surface area contributed by atoms with E-state index in [0.29, 0.717) is 0 Å². The van der Waals surface area contributed by atoms with E-state index in [1.807, 2.05) is 6.92 Å². The molecule has 2 aromatic rings. The molecule has 0 fully saturated rings. The number of carbonyl (C=O) groups excluding carboxylic acids is 2. The number of anilines is 1. The summed E-state index contributed by atoms with van der Waals surface area (Å²) in [6.45, 7) is 4.32. The number of esters is 1. The van der Waals surface area contributed by atoms with Crippen LogP contribution in [-0.2, 0) is 24.3 Å². The lowest BCUT2D eigenvalue weighted by Gasteiger charge is -2.14. The van der Waals surface area contributed by atoms with Crippen LogP contribution in [0.2, 0.25) is 0 Å². The molecule has 0 aliphatic heterocycles. The number of benzene rings is 2. The van der Waals surface area contributed by atoms with Gasteiger partial charge >= 0.3 is 5.97 Å². The molecule has 2 N–H and O–H groups in total. The average molecular weight is 408 g/mol. The molecule has 2 aromatic carbocycles. The molecule has 28 heavy (non-hydrogen) atoms. The van der Waals surface area contributed by atoms with E-state index >= 15 is 0 Å². The van der Waals surface area contributed by atoms with Crippen molar-refractivity contribution >= 4 is 27.6 Å². The highest BCUT2D eigenvalue weighted by Crippen LogP contribution is 2.14. The largest absolute Gasteiger partial charge is 0.452 e. The van der Waals surface area contributed by atoms with Crippen molar-refractivity contribution in [1.29, 1.82) is 0 Å². The Hall–Kier alpha value is -2.78. The minimum absolute atomic E-state index is 0.0281. The highest BCUT2D eigenvalue weighted by molar-refractivity contribution is 7.89. The van der Waals surface area contributed by atoms with Gasteiger partial charge in [0.1, 0.15) is 12.4 Å². The summed E-state index contributed by atoms with van der Waals surface area (Å²) in [6.07, 6.45) is -1.19. The Kier molecular flexibility index (Phi) is 6.87. The van der Waals surface area contributed by atoms with Crippen LogP contribution in [0, 0.1) is 19.7 Å². The maximum absolute atomic E-state index is 13.1. The van der Waals surface area contributed by atoms with Crippen molar-refractivity contribution in [3.63, 3.8) is 0 Å². The van der Waals surface area contributed by atoms with E-state index in [9.17, 15) is 22.4 Å².